The molecule has 0 bridgehead atoms. The van der Waals surface area contributed by atoms with Crippen LogP contribution in [0.15, 0.2) is 28.8 Å². The van der Waals surface area contributed by atoms with E-state index in [0.29, 0.717) is 31.5 Å². The predicted octanol–water partition coefficient (Wildman–Crippen LogP) is 3.21. The number of ether oxygens (including phenoxy) is 3. The zero-order chi connectivity index (χ0) is 15.1. The summed E-state index contributed by atoms with van der Waals surface area (Å²) >= 11 is 0. The van der Waals surface area contributed by atoms with Crippen molar-refractivity contribution in [2.24, 2.45) is 0 Å². The molecule has 0 atom stereocenters. The lowest BCUT2D eigenvalue weighted by Crippen LogP contribution is -2.09. The molecule has 2 aromatic rings. The van der Waals surface area contributed by atoms with Crippen molar-refractivity contribution >= 4 is 0 Å². The van der Waals surface area contributed by atoms with E-state index < -0.39 is 6.29 Å². The fourth-order valence-electron chi connectivity index (χ4n) is 1.87. The first-order valence-electron chi connectivity index (χ1n) is 7.09. The van der Waals surface area contributed by atoms with Crippen molar-refractivity contribution in [2.75, 3.05) is 19.8 Å². The maximum Gasteiger partial charge on any atom is 0.283 e. The minimum Gasteiger partial charge on any atom is -0.493 e. The maximum atomic E-state index is 5.57. The molecule has 0 N–H and O–H groups in total. The Bertz CT molecular complexity index is 550. The lowest BCUT2D eigenvalue weighted by atomic mass is 10.2. The van der Waals surface area contributed by atoms with Crippen molar-refractivity contribution in [1.82, 2.24) is 10.1 Å². The molecule has 1 heterocycles. The van der Waals surface area contributed by atoms with Crippen molar-refractivity contribution in [3.05, 3.63) is 30.2 Å². The zero-order valence-corrected chi connectivity index (χ0v) is 12.5. The van der Waals surface area contributed by atoms with Crippen molar-refractivity contribution in [3.8, 4) is 17.1 Å². The Morgan fingerprint density at radius 3 is 2.43 bits per heavy atom. The largest absolute Gasteiger partial charge is 0.493 e. The Kier molecular flexibility index (Phi) is 5.71. The Morgan fingerprint density at radius 1 is 1.05 bits per heavy atom. The molecule has 1 aromatic carbocycles. The van der Waals surface area contributed by atoms with Crippen LogP contribution >= 0.6 is 0 Å². The monoisotopic (exact) mass is 292 g/mol. The third-order valence-electron chi connectivity index (χ3n) is 2.71. The summed E-state index contributed by atoms with van der Waals surface area (Å²) in [4.78, 5) is 4.35. The van der Waals surface area contributed by atoms with Crippen LogP contribution in [-0.2, 0) is 9.47 Å². The van der Waals surface area contributed by atoms with Gasteiger partial charge in [-0.05, 0) is 32.9 Å². The smallest absolute Gasteiger partial charge is 0.283 e. The maximum absolute atomic E-state index is 5.57. The summed E-state index contributed by atoms with van der Waals surface area (Å²) in [6.45, 7) is 7.26. The average Bonchev–Trinajstić information content (AvgIpc) is 2.97. The van der Waals surface area contributed by atoms with E-state index in [-0.39, 0.29) is 0 Å². The van der Waals surface area contributed by atoms with Crippen molar-refractivity contribution in [2.45, 2.75) is 27.1 Å². The summed E-state index contributed by atoms with van der Waals surface area (Å²) in [6.07, 6.45) is -0.638. The van der Waals surface area contributed by atoms with E-state index in [2.05, 4.69) is 10.1 Å². The molecular weight excluding hydrogens is 272 g/mol. The molecule has 21 heavy (non-hydrogen) atoms. The number of hydrogen-bond donors (Lipinski definition) is 0. The standard InChI is InChI=1S/C15H20N2O4/c1-4-18-12-10-8-7-9-11(12)13-16-14(21-17-13)15(19-5-2)20-6-3/h7-10,15H,4-6H2,1-3H3. The Balaban J connectivity index is 2.26. The molecule has 0 radical (unpaired) electrons. The number of para-hydroxylation sites is 1. The van der Waals surface area contributed by atoms with Crippen LogP contribution < -0.4 is 4.74 Å². The van der Waals surface area contributed by atoms with Gasteiger partial charge in [-0.25, -0.2) is 0 Å². The van der Waals surface area contributed by atoms with Gasteiger partial charge in [-0.15, -0.1) is 0 Å². The van der Waals surface area contributed by atoms with E-state index in [4.69, 9.17) is 18.7 Å². The molecule has 0 spiro atoms. The van der Waals surface area contributed by atoms with Gasteiger partial charge in [0.1, 0.15) is 5.75 Å². The normalized spacial score (nSPS) is 11.0. The van der Waals surface area contributed by atoms with Crippen LogP contribution in [0.25, 0.3) is 11.4 Å². The van der Waals surface area contributed by atoms with Gasteiger partial charge in [-0.1, -0.05) is 17.3 Å². The molecule has 0 amide bonds. The van der Waals surface area contributed by atoms with E-state index in [1.165, 1.54) is 0 Å². The van der Waals surface area contributed by atoms with Crippen molar-refractivity contribution in [1.29, 1.82) is 0 Å². The topological polar surface area (TPSA) is 66.6 Å². The van der Waals surface area contributed by atoms with Gasteiger partial charge in [0.2, 0.25) is 12.1 Å². The van der Waals surface area contributed by atoms with Crippen LogP contribution in [0.4, 0.5) is 0 Å². The van der Waals surface area contributed by atoms with Crippen molar-refractivity contribution in [3.63, 3.8) is 0 Å². The number of aromatic nitrogens is 2. The van der Waals surface area contributed by atoms with Gasteiger partial charge >= 0.3 is 0 Å². The van der Waals surface area contributed by atoms with E-state index in [9.17, 15) is 0 Å². The van der Waals surface area contributed by atoms with Crippen LogP contribution in [-0.4, -0.2) is 30.0 Å². The Labute approximate surface area is 124 Å². The fourth-order valence-corrected chi connectivity index (χ4v) is 1.87. The van der Waals surface area contributed by atoms with Gasteiger partial charge in [0.15, 0.2) is 0 Å². The zero-order valence-electron chi connectivity index (χ0n) is 12.5. The fraction of sp³-hybridized carbons (Fsp3) is 0.467. The van der Waals surface area contributed by atoms with E-state index in [1.54, 1.807) is 0 Å². The van der Waals surface area contributed by atoms with Crippen LogP contribution in [0, 0.1) is 0 Å². The predicted molar refractivity (Wildman–Crippen MR) is 76.9 cm³/mol. The van der Waals surface area contributed by atoms with Crippen molar-refractivity contribution < 1.29 is 18.7 Å². The Hall–Kier alpha value is -1.92. The van der Waals surface area contributed by atoms with Crippen LogP contribution in [0.3, 0.4) is 0 Å². The first-order valence-corrected chi connectivity index (χ1v) is 7.09. The van der Waals surface area contributed by atoms with Gasteiger partial charge in [-0.3, -0.25) is 0 Å². The van der Waals surface area contributed by atoms with Gasteiger partial charge in [0, 0.05) is 13.2 Å². The highest BCUT2D eigenvalue weighted by Gasteiger charge is 2.21. The van der Waals surface area contributed by atoms with Gasteiger partial charge in [0.25, 0.3) is 5.89 Å². The van der Waals surface area contributed by atoms with Crippen LogP contribution in [0.5, 0.6) is 5.75 Å². The summed E-state index contributed by atoms with van der Waals surface area (Å²) in [7, 11) is 0. The van der Waals surface area contributed by atoms with Gasteiger partial charge in [0.05, 0.1) is 12.2 Å². The summed E-state index contributed by atoms with van der Waals surface area (Å²) < 4.78 is 21.7. The van der Waals surface area contributed by atoms with E-state index in [0.717, 1.165) is 11.3 Å². The molecule has 0 aliphatic rings. The molecule has 0 unspecified atom stereocenters. The first kappa shape index (κ1) is 15.5. The average molecular weight is 292 g/mol. The third-order valence-corrected chi connectivity index (χ3v) is 2.71. The summed E-state index contributed by atoms with van der Waals surface area (Å²) in [5.41, 5.74) is 0.779. The molecular formula is C15H20N2O4. The van der Waals surface area contributed by atoms with Crippen LogP contribution in [0.1, 0.15) is 33.0 Å². The highest BCUT2D eigenvalue weighted by molar-refractivity contribution is 5.63. The highest BCUT2D eigenvalue weighted by Crippen LogP contribution is 2.29. The SMILES string of the molecule is CCOc1ccccc1-c1noc(C(OCC)OCC)n1. The minimum atomic E-state index is -0.638. The second kappa shape index (κ2) is 7.75. The summed E-state index contributed by atoms with van der Waals surface area (Å²) in [5, 5.41) is 3.99. The quantitative estimate of drug-likeness (QED) is 0.696. The molecule has 0 saturated heterocycles. The lowest BCUT2D eigenvalue weighted by molar-refractivity contribution is -0.155. The minimum absolute atomic E-state index is 0.306. The molecule has 0 saturated carbocycles. The van der Waals surface area contributed by atoms with Gasteiger partial charge in [-0.2, -0.15) is 4.98 Å². The Morgan fingerprint density at radius 2 is 1.76 bits per heavy atom. The van der Waals surface area contributed by atoms with E-state index >= 15 is 0 Å². The molecule has 6 heteroatoms. The molecule has 0 fully saturated rings. The first-order chi connectivity index (χ1) is 10.3. The number of rotatable bonds is 8. The molecule has 0 aliphatic carbocycles. The summed E-state index contributed by atoms with van der Waals surface area (Å²) in [5.74, 6) is 1.48. The van der Waals surface area contributed by atoms with Crippen LogP contribution in [0.2, 0.25) is 0 Å². The molecule has 114 valence electrons. The molecule has 0 aliphatic heterocycles. The third kappa shape index (κ3) is 3.80. The number of hydrogen-bond acceptors (Lipinski definition) is 6. The second-order valence-electron chi connectivity index (χ2n) is 4.13. The van der Waals surface area contributed by atoms with Gasteiger partial charge < -0.3 is 18.7 Å². The highest BCUT2D eigenvalue weighted by atomic mass is 16.7. The number of benzene rings is 1. The lowest BCUT2D eigenvalue weighted by Gasteiger charge is -2.11. The molecule has 1 aromatic heterocycles. The van der Waals surface area contributed by atoms with E-state index in [1.807, 2.05) is 45.0 Å². The number of nitrogens with zero attached hydrogens (tertiary/aromatic N) is 2. The molecule has 2 rings (SSSR count). The second-order valence-corrected chi connectivity index (χ2v) is 4.13. The summed E-state index contributed by atoms with van der Waals surface area (Å²) in [6, 6.07) is 7.56. The molecule has 6 nitrogen and oxygen atoms in total.